The fourth-order valence-electron chi connectivity index (χ4n) is 2.80. The number of nitrogens with two attached hydrogens (primary N) is 1. The quantitative estimate of drug-likeness (QED) is 0.872. The molecule has 0 aliphatic carbocycles. The molecule has 3 nitrogen and oxygen atoms in total. The highest BCUT2D eigenvalue weighted by molar-refractivity contribution is 5.73. The number of allylic oxidation sites excluding steroid dienone is 2. The van der Waals surface area contributed by atoms with Gasteiger partial charge in [-0.1, -0.05) is 49.6 Å². The van der Waals surface area contributed by atoms with Gasteiger partial charge in [0, 0.05) is 23.7 Å². The summed E-state index contributed by atoms with van der Waals surface area (Å²) < 4.78 is 0. The van der Waals surface area contributed by atoms with Gasteiger partial charge in [0.15, 0.2) is 0 Å². The third-order valence-electron chi connectivity index (χ3n) is 3.68. The standard InChI is InChI=1S/C18H17N3/c1-3-7-17(19)21-13(2)15-9-4-5-10-16(15)18(21)14-8-6-11-20-12-14/h3-12,18H,1-2,19H2/b17-7+. The molecular formula is C18H17N3. The van der Waals surface area contributed by atoms with Crippen molar-refractivity contribution >= 4 is 5.70 Å². The minimum atomic E-state index is -0.00130. The first-order chi connectivity index (χ1) is 10.2. The van der Waals surface area contributed by atoms with Crippen LogP contribution in [-0.2, 0) is 0 Å². The summed E-state index contributed by atoms with van der Waals surface area (Å²) in [6.07, 6.45) is 7.12. The normalized spacial score (nSPS) is 17.7. The number of benzene rings is 1. The molecule has 1 aliphatic rings. The summed E-state index contributed by atoms with van der Waals surface area (Å²) in [6, 6.07) is 12.2. The zero-order valence-electron chi connectivity index (χ0n) is 11.7. The molecule has 0 saturated heterocycles. The highest BCUT2D eigenvalue weighted by Crippen LogP contribution is 2.45. The van der Waals surface area contributed by atoms with Gasteiger partial charge in [-0.25, -0.2) is 0 Å². The first kappa shape index (κ1) is 13.2. The second-order valence-corrected chi connectivity index (χ2v) is 4.92. The molecule has 2 heterocycles. The van der Waals surface area contributed by atoms with E-state index in [1.165, 1.54) is 5.56 Å². The molecule has 1 aliphatic heterocycles. The van der Waals surface area contributed by atoms with Crippen LogP contribution in [-0.4, -0.2) is 9.88 Å². The molecule has 0 amide bonds. The van der Waals surface area contributed by atoms with Crippen molar-refractivity contribution in [1.29, 1.82) is 0 Å². The lowest BCUT2D eigenvalue weighted by atomic mass is 9.99. The van der Waals surface area contributed by atoms with Gasteiger partial charge in [0.1, 0.15) is 5.82 Å². The van der Waals surface area contributed by atoms with Crippen LogP contribution in [0.3, 0.4) is 0 Å². The Hall–Kier alpha value is -2.81. The van der Waals surface area contributed by atoms with E-state index in [-0.39, 0.29) is 6.04 Å². The van der Waals surface area contributed by atoms with Crippen LogP contribution in [0.4, 0.5) is 0 Å². The van der Waals surface area contributed by atoms with Crippen LogP contribution in [0.2, 0.25) is 0 Å². The Morgan fingerprint density at radius 2 is 2.05 bits per heavy atom. The van der Waals surface area contributed by atoms with Gasteiger partial charge in [0.2, 0.25) is 0 Å². The monoisotopic (exact) mass is 275 g/mol. The van der Waals surface area contributed by atoms with Gasteiger partial charge in [-0.3, -0.25) is 4.98 Å². The lowest BCUT2D eigenvalue weighted by Crippen LogP contribution is -2.26. The van der Waals surface area contributed by atoms with Crippen molar-refractivity contribution in [3.63, 3.8) is 0 Å². The lowest BCUT2D eigenvalue weighted by Gasteiger charge is -2.28. The SMILES string of the molecule is C=C/C=C(\N)N1C(=C)c2ccccc2C1c1cccnc1. The Kier molecular flexibility index (Phi) is 3.32. The van der Waals surface area contributed by atoms with E-state index >= 15 is 0 Å². The molecule has 2 aromatic rings. The Labute approximate surface area is 124 Å². The zero-order valence-corrected chi connectivity index (χ0v) is 11.7. The first-order valence-corrected chi connectivity index (χ1v) is 6.79. The fraction of sp³-hybridized carbons (Fsp3) is 0.0556. The predicted molar refractivity (Wildman–Crippen MR) is 85.9 cm³/mol. The average molecular weight is 275 g/mol. The van der Waals surface area contributed by atoms with E-state index in [2.05, 4.69) is 36.3 Å². The lowest BCUT2D eigenvalue weighted by molar-refractivity contribution is 0.432. The van der Waals surface area contributed by atoms with Crippen LogP contribution in [0, 0.1) is 0 Å². The summed E-state index contributed by atoms with van der Waals surface area (Å²) in [5.74, 6) is 0.625. The molecule has 104 valence electrons. The summed E-state index contributed by atoms with van der Waals surface area (Å²) in [4.78, 5) is 6.26. The van der Waals surface area contributed by atoms with Gasteiger partial charge in [0.25, 0.3) is 0 Å². The summed E-state index contributed by atoms with van der Waals surface area (Å²) >= 11 is 0. The van der Waals surface area contributed by atoms with E-state index in [1.54, 1.807) is 18.3 Å². The number of fused-ring (bicyclic) bond motifs is 1. The highest BCUT2D eigenvalue weighted by atomic mass is 15.3. The Bertz CT molecular complexity index is 716. The van der Waals surface area contributed by atoms with Crippen LogP contribution in [0.5, 0.6) is 0 Å². The summed E-state index contributed by atoms with van der Waals surface area (Å²) in [5.41, 5.74) is 10.5. The van der Waals surface area contributed by atoms with Crippen LogP contribution in [0.1, 0.15) is 22.7 Å². The maximum atomic E-state index is 6.22. The second-order valence-electron chi connectivity index (χ2n) is 4.92. The summed E-state index contributed by atoms with van der Waals surface area (Å²) in [6.45, 7) is 7.93. The molecular weight excluding hydrogens is 258 g/mol. The number of nitrogens with zero attached hydrogens (tertiary/aromatic N) is 2. The van der Waals surface area contributed by atoms with Crippen molar-refractivity contribution in [2.24, 2.45) is 5.73 Å². The van der Waals surface area contributed by atoms with E-state index in [9.17, 15) is 0 Å². The van der Waals surface area contributed by atoms with E-state index in [0.717, 1.165) is 16.8 Å². The predicted octanol–water partition coefficient (Wildman–Crippen LogP) is 3.44. The number of rotatable bonds is 3. The van der Waals surface area contributed by atoms with Crippen molar-refractivity contribution in [2.45, 2.75) is 6.04 Å². The minimum Gasteiger partial charge on any atom is -0.385 e. The van der Waals surface area contributed by atoms with E-state index in [4.69, 9.17) is 5.73 Å². The molecule has 0 fully saturated rings. The zero-order chi connectivity index (χ0) is 14.8. The van der Waals surface area contributed by atoms with Gasteiger partial charge in [-0.2, -0.15) is 0 Å². The largest absolute Gasteiger partial charge is 0.385 e. The van der Waals surface area contributed by atoms with Gasteiger partial charge in [0.05, 0.1) is 6.04 Å². The average Bonchev–Trinajstić information content (AvgIpc) is 2.82. The van der Waals surface area contributed by atoms with Crippen LogP contribution < -0.4 is 5.73 Å². The molecule has 1 aromatic carbocycles. The maximum absolute atomic E-state index is 6.22. The van der Waals surface area contributed by atoms with Crippen molar-refractivity contribution < 1.29 is 0 Å². The van der Waals surface area contributed by atoms with E-state index in [1.807, 2.05) is 29.3 Å². The number of hydrogen-bond donors (Lipinski definition) is 1. The number of aromatic nitrogens is 1. The van der Waals surface area contributed by atoms with Gasteiger partial charge in [-0.15, -0.1) is 0 Å². The van der Waals surface area contributed by atoms with Gasteiger partial charge < -0.3 is 10.6 Å². The van der Waals surface area contributed by atoms with Gasteiger partial charge >= 0.3 is 0 Å². The van der Waals surface area contributed by atoms with Crippen LogP contribution in [0.25, 0.3) is 5.70 Å². The number of hydrogen-bond acceptors (Lipinski definition) is 3. The molecule has 0 bridgehead atoms. The first-order valence-electron chi connectivity index (χ1n) is 6.79. The summed E-state index contributed by atoms with van der Waals surface area (Å²) in [7, 11) is 0. The topological polar surface area (TPSA) is 42.1 Å². The van der Waals surface area contributed by atoms with Crippen molar-refractivity contribution in [3.8, 4) is 0 Å². The van der Waals surface area contributed by atoms with Gasteiger partial charge in [-0.05, 0) is 23.3 Å². The molecule has 1 aromatic heterocycles. The molecule has 3 rings (SSSR count). The molecule has 1 unspecified atom stereocenters. The third-order valence-corrected chi connectivity index (χ3v) is 3.68. The molecule has 0 spiro atoms. The van der Waals surface area contributed by atoms with E-state index < -0.39 is 0 Å². The van der Waals surface area contributed by atoms with Crippen molar-refractivity contribution in [3.05, 3.63) is 96.6 Å². The molecule has 2 N–H and O–H groups in total. The van der Waals surface area contributed by atoms with Crippen molar-refractivity contribution in [2.75, 3.05) is 0 Å². The molecule has 21 heavy (non-hydrogen) atoms. The third kappa shape index (κ3) is 2.13. The fourth-order valence-corrected chi connectivity index (χ4v) is 2.80. The van der Waals surface area contributed by atoms with Crippen LogP contribution in [0.15, 0.2) is 79.9 Å². The van der Waals surface area contributed by atoms with Crippen molar-refractivity contribution in [1.82, 2.24) is 9.88 Å². The smallest absolute Gasteiger partial charge is 0.104 e. The molecule has 0 radical (unpaired) electrons. The van der Waals surface area contributed by atoms with Crippen LogP contribution >= 0.6 is 0 Å². The Morgan fingerprint density at radius 3 is 2.76 bits per heavy atom. The maximum Gasteiger partial charge on any atom is 0.104 e. The molecule has 0 saturated carbocycles. The van der Waals surface area contributed by atoms with E-state index in [0.29, 0.717) is 5.82 Å². The molecule has 3 heteroatoms. The summed E-state index contributed by atoms with van der Waals surface area (Å²) in [5, 5.41) is 0. The Morgan fingerprint density at radius 1 is 1.24 bits per heavy atom. The number of pyridine rings is 1. The second kappa shape index (κ2) is 5.29. The highest BCUT2D eigenvalue weighted by Gasteiger charge is 2.34. The molecule has 1 atom stereocenters. The minimum absolute atomic E-state index is 0.00130. The Balaban J connectivity index is 2.18.